The van der Waals surface area contributed by atoms with Gasteiger partial charge in [0.2, 0.25) is 5.76 Å². The van der Waals surface area contributed by atoms with Gasteiger partial charge in [-0.2, -0.15) is 0 Å². The fraction of sp³-hybridized carbons (Fsp3) is 0.692. The van der Waals surface area contributed by atoms with Crippen LogP contribution in [0, 0.1) is 19.8 Å². The molecule has 1 atom stereocenters. The average molecular weight is 251 g/mol. The van der Waals surface area contributed by atoms with E-state index in [1.807, 2.05) is 0 Å². The summed E-state index contributed by atoms with van der Waals surface area (Å²) in [5, 5.41) is 6.28. The molecule has 0 bridgehead atoms. The molecule has 1 fully saturated rings. The van der Waals surface area contributed by atoms with Crippen LogP contribution in [0.5, 0.6) is 0 Å². The molecule has 0 saturated carbocycles. The van der Waals surface area contributed by atoms with E-state index in [0.29, 0.717) is 29.8 Å². The van der Waals surface area contributed by atoms with Crippen LogP contribution < -0.4 is 10.6 Å². The third-order valence-corrected chi connectivity index (χ3v) is 3.35. The molecule has 1 aliphatic heterocycles. The minimum Gasteiger partial charge on any atom is -0.436 e. The fourth-order valence-electron chi connectivity index (χ4n) is 2.38. The van der Waals surface area contributed by atoms with Crippen LogP contribution in [0.25, 0.3) is 0 Å². The first kappa shape index (κ1) is 13.1. The summed E-state index contributed by atoms with van der Waals surface area (Å²) >= 11 is 0. The number of nitrogens with zero attached hydrogens (tertiary/aromatic N) is 1. The summed E-state index contributed by atoms with van der Waals surface area (Å²) in [5.41, 5.74) is 0.657. The smallest absolute Gasteiger partial charge is 0.289 e. The summed E-state index contributed by atoms with van der Waals surface area (Å²) < 4.78 is 5.28. The van der Waals surface area contributed by atoms with Gasteiger partial charge in [-0.1, -0.05) is 0 Å². The van der Waals surface area contributed by atoms with Crippen LogP contribution in [0.3, 0.4) is 0 Å². The third-order valence-electron chi connectivity index (χ3n) is 3.35. The molecule has 2 rings (SSSR count). The maximum absolute atomic E-state index is 11.9. The van der Waals surface area contributed by atoms with Gasteiger partial charge in [-0.3, -0.25) is 4.79 Å². The number of oxazole rings is 1. The van der Waals surface area contributed by atoms with Gasteiger partial charge in [0.05, 0.1) is 5.69 Å². The highest BCUT2D eigenvalue weighted by Gasteiger charge is 2.17. The predicted octanol–water partition coefficient (Wildman–Crippen LogP) is 1.41. The van der Waals surface area contributed by atoms with Gasteiger partial charge < -0.3 is 15.1 Å². The Morgan fingerprint density at radius 1 is 1.56 bits per heavy atom. The molecule has 1 unspecified atom stereocenters. The van der Waals surface area contributed by atoms with Crippen LogP contribution in [-0.2, 0) is 0 Å². The molecule has 18 heavy (non-hydrogen) atoms. The number of hydrogen-bond donors (Lipinski definition) is 2. The second-order valence-corrected chi connectivity index (χ2v) is 4.90. The fourth-order valence-corrected chi connectivity index (χ4v) is 2.38. The van der Waals surface area contributed by atoms with Gasteiger partial charge in [0.25, 0.3) is 5.91 Å². The number of hydrogen-bond acceptors (Lipinski definition) is 4. The second-order valence-electron chi connectivity index (χ2n) is 4.90. The monoisotopic (exact) mass is 251 g/mol. The first-order valence-corrected chi connectivity index (χ1v) is 6.59. The van der Waals surface area contributed by atoms with Crippen molar-refractivity contribution in [2.75, 3.05) is 19.6 Å². The highest BCUT2D eigenvalue weighted by atomic mass is 16.4. The molecule has 0 aliphatic carbocycles. The van der Waals surface area contributed by atoms with E-state index in [0.717, 1.165) is 19.5 Å². The van der Waals surface area contributed by atoms with E-state index in [4.69, 9.17) is 4.42 Å². The van der Waals surface area contributed by atoms with Crippen LogP contribution in [0.4, 0.5) is 0 Å². The van der Waals surface area contributed by atoms with Crippen LogP contribution in [-0.4, -0.2) is 30.5 Å². The van der Waals surface area contributed by atoms with Crippen molar-refractivity contribution in [3.63, 3.8) is 0 Å². The lowest BCUT2D eigenvalue weighted by Gasteiger charge is -2.22. The Hall–Kier alpha value is -1.36. The van der Waals surface area contributed by atoms with E-state index in [2.05, 4.69) is 15.6 Å². The molecule has 2 N–H and O–H groups in total. The number of piperidine rings is 1. The zero-order valence-electron chi connectivity index (χ0n) is 11.1. The van der Waals surface area contributed by atoms with Crippen molar-refractivity contribution in [2.45, 2.75) is 33.1 Å². The normalized spacial score (nSPS) is 19.8. The van der Waals surface area contributed by atoms with Crippen molar-refractivity contribution >= 4 is 5.91 Å². The van der Waals surface area contributed by atoms with Crippen molar-refractivity contribution in [2.24, 2.45) is 5.92 Å². The summed E-state index contributed by atoms with van der Waals surface area (Å²) in [6, 6.07) is 0. The number of amides is 1. The molecule has 5 nitrogen and oxygen atoms in total. The minimum absolute atomic E-state index is 0.156. The molecular weight excluding hydrogens is 230 g/mol. The average Bonchev–Trinajstić information content (AvgIpc) is 2.70. The van der Waals surface area contributed by atoms with Gasteiger partial charge in [-0.15, -0.1) is 0 Å². The van der Waals surface area contributed by atoms with Crippen LogP contribution in [0.1, 0.15) is 41.4 Å². The van der Waals surface area contributed by atoms with Crippen LogP contribution in [0.2, 0.25) is 0 Å². The highest BCUT2D eigenvalue weighted by molar-refractivity contribution is 5.92. The van der Waals surface area contributed by atoms with E-state index in [1.54, 1.807) is 13.8 Å². The summed E-state index contributed by atoms with van der Waals surface area (Å²) in [6.07, 6.45) is 3.51. The Morgan fingerprint density at radius 3 is 3.00 bits per heavy atom. The SMILES string of the molecule is Cc1nc(C)c(C(=O)NCCC2CCCNC2)o1. The molecule has 0 radical (unpaired) electrons. The Balaban J connectivity index is 1.76. The Kier molecular flexibility index (Phi) is 4.36. The van der Waals surface area contributed by atoms with Crippen molar-refractivity contribution in [1.82, 2.24) is 15.6 Å². The van der Waals surface area contributed by atoms with Gasteiger partial charge >= 0.3 is 0 Å². The number of carbonyl (C=O) groups excluding carboxylic acids is 1. The van der Waals surface area contributed by atoms with Gasteiger partial charge in [0, 0.05) is 13.5 Å². The first-order chi connectivity index (χ1) is 8.66. The molecule has 0 aromatic carbocycles. The second kappa shape index (κ2) is 6.00. The van der Waals surface area contributed by atoms with Crippen molar-refractivity contribution < 1.29 is 9.21 Å². The molecule has 5 heteroatoms. The predicted molar refractivity (Wildman–Crippen MR) is 68.5 cm³/mol. The Labute approximate surface area is 107 Å². The van der Waals surface area contributed by atoms with E-state index in [-0.39, 0.29) is 5.91 Å². The molecule has 0 spiro atoms. The number of nitrogens with one attached hydrogen (secondary N) is 2. The molecule has 1 amide bonds. The molecule has 100 valence electrons. The topological polar surface area (TPSA) is 67.2 Å². The number of aryl methyl sites for hydroxylation is 2. The molecule has 1 aromatic heterocycles. The first-order valence-electron chi connectivity index (χ1n) is 6.59. The molecule has 1 aromatic rings. The maximum Gasteiger partial charge on any atom is 0.289 e. The summed E-state index contributed by atoms with van der Waals surface area (Å²) in [4.78, 5) is 16.0. The van der Waals surface area contributed by atoms with Gasteiger partial charge in [-0.25, -0.2) is 4.98 Å². The summed E-state index contributed by atoms with van der Waals surface area (Å²) in [6.45, 7) is 6.42. The minimum atomic E-state index is -0.156. The molecule has 1 aliphatic rings. The summed E-state index contributed by atoms with van der Waals surface area (Å²) in [7, 11) is 0. The van der Waals surface area contributed by atoms with E-state index < -0.39 is 0 Å². The highest BCUT2D eigenvalue weighted by Crippen LogP contribution is 2.13. The third kappa shape index (κ3) is 3.32. The van der Waals surface area contributed by atoms with Gasteiger partial charge in [0.15, 0.2) is 5.89 Å². The van der Waals surface area contributed by atoms with E-state index in [1.165, 1.54) is 12.8 Å². The number of carbonyl (C=O) groups is 1. The lowest BCUT2D eigenvalue weighted by atomic mass is 9.96. The Morgan fingerprint density at radius 2 is 2.39 bits per heavy atom. The standard InChI is InChI=1S/C13H21N3O2/c1-9-12(18-10(2)16-9)13(17)15-7-5-11-4-3-6-14-8-11/h11,14H,3-8H2,1-2H3,(H,15,17). The van der Waals surface area contributed by atoms with Crippen molar-refractivity contribution in [3.8, 4) is 0 Å². The van der Waals surface area contributed by atoms with Crippen molar-refractivity contribution in [1.29, 1.82) is 0 Å². The van der Waals surface area contributed by atoms with Crippen LogP contribution >= 0.6 is 0 Å². The van der Waals surface area contributed by atoms with E-state index in [9.17, 15) is 4.79 Å². The number of aromatic nitrogens is 1. The molecule has 1 saturated heterocycles. The largest absolute Gasteiger partial charge is 0.436 e. The van der Waals surface area contributed by atoms with Crippen LogP contribution in [0.15, 0.2) is 4.42 Å². The summed E-state index contributed by atoms with van der Waals surface area (Å²) in [5.74, 6) is 1.40. The van der Waals surface area contributed by atoms with E-state index >= 15 is 0 Å². The Bertz CT molecular complexity index is 408. The lowest BCUT2D eigenvalue weighted by Crippen LogP contribution is -2.33. The maximum atomic E-state index is 11.9. The van der Waals surface area contributed by atoms with Gasteiger partial charge in [-0.05, 0) is 45.2 Å². The quantitative estimate of drug-likeness (QED) is 0.849. The zero-order valence-corrected chi connectivity index (χ0v) is 11.1. The number of rotatable bonds is 4. The van der Waals surface area contributed by atoms with Crippen molar-refractivity contribution in [3.05, 3.63) is 17.3 Å². The molecular formula is C13H21N3O2. The molecule has 2 heterocycles. The zero-order chi connectivity index (χ0) is 13.0. The lowest BCUT2D eigenvalue weighted by molar-refractivity contribution is 0.0921. The van der Waals surface area contributed by atoms with Gasteiger partial charge in [0.1, 0.15) is 0 Å².